The van der Waals surface area contributed by atoms with Gasteiger partial charge in [-0.15, -0.1) is 0 Å². The summed E-state index contributed by atoms with van der Waals surface area (Å²) in [7, 11) is 0. The fraction of sp³-hybridized carbons (Fsp3) is 0.222. The maximum Gasteiger partial charge on any atom is 0.337 e. The van der Waals surface area contributed by atoms with Crippen molar-refractivity contribution >= 4 is 37.8 Å². The SMILES string of the molecule is O=C(O)C(OC(O)(Br)Br)c1ccccc1. The lowest BCUT2D eigenvalue weighted by Crippen LogP contribution is -2.24. The van der Waals surface area contributed by atoms with Gasteiger partial charge in [0.2, 0.25) is 0 Å². The van der Waals surface area contributed by atoms with Gasteiger partial charge in [0.15, 0.2) is 6.10 Å². The van der Waals surface area contributed by atoms with Gasteiger partial charge in [0.05, 0.1) is 0 Å². The van der Waals surface area contributed by atoms with Crippen LogP contribution in [0.15, 0.2) is 30.3 Å². The molecule has 2 N–H and O–H groups in total. The van der Waals surface area contributed by atoms with E-state index in [-0.39, 0.29) is 0 Å². The van der Waals surface area contributed by atoms with Gasteiger partial charge >= 0.3 is 5.97 Å². The van der Waals surface area contributed by atoms with Crippen molar-refractivity contribution in [3.63, 3.8) is 0 Å². The normalized spacial score (nSPS) is 13.5. The topological polar surface area (TPSA) is 66.8 Å². The zero-order valence-electron chi connectivity index (χ0n) is 7.43. The van der Waals surface area contributed by atoms with E-state index in [0.717, 1.165) is 0 Å². The minimum absolute atomic E-state index is 0.447. The van der Waals surface area contributed by atoms with Gasteiger partial charge < -0.3 is 14.9 Å². The molecule has 0 heterocycles. The molecule has 1 atom stereocenters. The number of carbonyl (C=O) groups is 1. The van der Waals surface area contributed by atoms with Gasteiger partial charge in [-0.05, 0) is 37.4 Å². The largest absolute Gasteiger partial charge is 0.479 e. The summed E-state index contributed by atoms with van der Waals surface area (Å²) in [6, 6.07) is 8.35. The van der Waals surface area contributed by atoms with Crippen LogP contribution in [0, 0.1) is 0 Å². The first-order valence-corrected chi connectivity index (χ1v) is 5.54. The molecule has 0 fully saturated rings. The molecular weight excluding hydrogens is 332 g/mol. The van der Waals surface area contributed by atoms with Crippen LogP contribution in [-0.4, -0.2) is 19.8 Å². The molecule has 6 heteroatoms. The lowest BCUT2D eigenvalue weighted by molar-refractivity contribution is -0.164. The van der Waals surface area contributed by atoms with Crippen LogP contribution >= 0.6 is 31.9 Å². The number of benzene rings is 1. The van der Waals surface area contributed by atoms with E-state index in [0.29, 0.717) is 5.56 Å². The molecule has 0 saturated heterocycles. The molecule has 0 saturated carbocycles. The Balaban J connectivity index is 2.90. The second-order valence-corrected chi connectivity index (χ2v) is 5.95. The third-order valence-electron chi connectivity index (χ3n) is 1.59. The molecule has 0 bridgehead atoms. The zero-order valence-corrected chi connectivity index (χ0v) is 10.6. The highest BCUT2D eigenvalue weighted by Crippen LogP contribution is 2.31. The Hall–Kier alpha value is -0.430. The number of alkyl halides is 2. The number of aliphatic carboxylic acids is 1. The third-order valence-corrected chi connectivity index (χ3v) is 1.96. The number of halogens is 2. The molecule has 0 aliphatic rings. The number of carboxylic acids is 1. The number of carboxylic acid groups (broad SMARTS) is 1. The van der Waals surface area contributed by atoms with Crippen molar-refractivity contribution in [3.8, 4) is 0 Å². The van der Waals surface area contributed by atoms with Crippen LogP contribution in [0.1, 0.15) is 11.7 Å². The minimum atomic E-state index is -1.85. The van der Waals surface area contributed by atoms with Gasteiger partial charge in [-0.2, -0.15) is 0 Å². The van der Waals surface area contributed by atoms with Crippen molar-refractivity contribution in [2.75, 3.05) is 0 Å². The Bertz CT molecular complexity index is 334. The standard InChI is InChI=1S/C9H8Br2O4/c10-9(11,14)15-7(8(12)13)6-4-2-1-3-5-6/h1-5,7,14H,(H,12,13). The van der Waals surface area contributed by atoms with Crippen molar-refractivity contribution < 1.29 is 19.7 Å². The molecule has 0 spiro atoms. The van der Waals surface area contributed by atoms with E-state index in [1.165, 1.54) is 0 Å². The van der Waals surface area contributed by atoms with Gasteiger partial charge in [-0.3, -0.25) is 0 Å². The molecule has 1 unspecified atom stereocenters. The number of rotatable bonds is 4. The quantitative estimate of drug-likeness (QED) is 0.652. The Labute approximate surface area is 103 Å². The summed E-state index contributed by atoms with van der Waals surface area (Å²) in [6.45, 7) is 0. The first kappa shape index (κ1) is 12.6. The summed E-state index contributed by atoms with van der Waals surface area (Å²) in [4.78, 5) is 10.9. The smallest absolute Gasteiger partial charge is 0.337 e. The summed E-state index contributed by atoms with van der Waals surface area (Å²) in [5, 5.41) is 18.2. The van der Waals surface area contributed by atoms with Crippen LogP contribution in [0.4, 0.5) is 0 Å². The molecule has 0 amide bonds. The van der Waals surface area contributed by atoms with Gasteiger partial charge in [-0.25, -0.2) is 4.79 Å². The van der Waals surface area contributed by atoms with E-state index < -0.39 is 15.7 Å². The number of aliphatic hydroxyl groups is 1. The molecule has 0 aliphatic heterocycles. The maximum atomic E-state index is 10.9. The molecule has 1 aromatic carbocycles. The maximum absolute atomic E-state index is 10.9. The number of ether oxygens (including phenoxy) is 1. The second-order valence-electron chi connectivity index (χ2n) is 2.73. The van der Waals surface area contributed by atoms with E-state index >= 15 is 0 Å². The Morgan fingerprint density at radius 3 is 2.27 bits per heavy atom. The van der Waals surface area contributed by atoms with Crippen LogP contribution in [0.5, 0.6) is 0 Å². The van der Waals surface area contributed by atoms with Crippen molar-refractivity contribution in [2.24, 2.45) is 0 Å². The lowest BCUT2D eigenvalue weighted by Gasteiger charge is -2.20. The second kappa shape index (κ2) is 5.07. The first-order valence-electron chi connectivity index (χ1n) is 3.96. The van der Waals surface area contributed by atoms with E-state index in [4.69, 9.17) is 9.84 Å². The Kier molecular flexibility index (Phi) is 4.27. The van der Waals surface area contributed by atoms with Crippen molar-refractivity contribution in [1.82, 2.24) is 0 Å². The van der Waals surface area contributed by atoms with Crippen LogP contribution in [0.25, 0.3) is 0 Å². The molecule has 1 rings (SSSR count). The minimum Gasteiger partial charge on any atom is -0.479 e. The van der Waals surface area contributed by atoms with Crippen LogP contribution in [0.2, 0.25) is 0 Å². The van der Waals surface area contributed by atoms with E-state index in [1.807, 2.05) is 0 Å². The molecule has 0 aromatic heterocycles. The summed E-state index contributed by atoms with van der Waals surface area (Å²) in [6.07, 6.45) is -1.24. The van der Waals surface area contributed by atoms with Gasteiger partial charge in [0.25, 0.3) is 3.61 Å². The lowest BCUT2D eigenvalue weighted by atomic mass is 10.1. The number of hydrogen-bond donors (Lipinski definition) is 2. The predicted octanol–water partition coefficient (Wildman–Crippen LogP) is 2.22. The average Bonchev–Trinajstić information content (AvgIpc) is 2.14. The van der Waals surface area contributed by atoms with E-state index in [9.17, 15) is 9.90 Å². The molecule has 82 valence electrons. The van der Waals surface area contributed by atoms with E-state index in [1.54, 1.807) is 30.3 Å². The zero-order chi connectivity index (χ0) is 11.5. The van der Waals surface area contributed by atoms with Gasteiger partial charge in [0, 0.05) is 0 Å². The summed E-state index contributed by atoms with van der Waals surface area (Å²) < 4.78 is 3.03. The molecule has 15 heavy (non-hydrogen) atoms. The van der Waals surface area contributed by atoms with Crippen LogP contribution in [0.3, 0.4) is 0 Å². The summed E-state index contributed by atoms with van der Waals surface area (Å²) in [5.74, 6) is -1.18. The Morgan fingerprint density at radius 1 is 1.33 bits per heavy atom. The predicted molar refractivity (Wildman–Crippen MR) is 60.7 cm³/mol. The molecule has 1 aromatic rings. The molecule has 4 nitrogen and oxygen atoms in total. The van der Waals surface area contributed by atoms with Crippen molar-refractivity contribution in [3.05, 3.63) is 35.9 Å². The van der Waals surface area contributed by atoms with Gasteiger partial charge in [-0.1, -0.05) is 30.3 Å². The summed E-state index contributed by atoms with van der Waals surface area (Å²) >= 11 is 5.46. The van der Waals surface area contributed by atoms with Crippen LogP contribution in [-0.2, 0) is 9.53 Å². The molecular formula is C9H8Br2O4. The Morgan fingerprint density at radius 2 is 1.87 bits per heavy atom. The monoisotopic (exact) mass is 338 g/mol. The van der Waals surface area contributed by atoms with E-state index in [2.05, 4.69) is 31.9 Å². The van der Waals surface area contributed by atoms with Crippen molar-refractivity contribution in [1.29, 1.82) is 0 Å². The number of hydrogen-bond acceptors (Lipinski definition) is 3. The van der Waals surface area contributed by atoms with Crippen molar-refractivity contribution in [2.45, 2.75) is 9.71 Å². The van der Waals surface area contributed by atoms with Gasteiger partial charge in [0.1, 0.15) is 0 Å². The van der Waals surface area contributed by atoms with Crippen LogP contribution < -0.4 is 0 Å². The highest BCUT2D eigenvalue weighted by Gasteiger charge is 2.30. The average molecular weight is 340 g/mol. The highest BCUT2D eigenvalue weighted by molar-refractivity contribution is 9.25. The highest BCUT2D eigenvalue weighted by atomic mass is 79.9. The summed E-state index contributed by atoms with van der Waals surface area (Å²) in [5.41, 5.74) is 0.447. The molecule has 0 radical (unpaired) electrons. The first-order chi connectivity index (χ1) is 6.90. The fourth-order valence-electron chi connectivity index (χ4n) is 1.03. The molecule has 0 aliphatic carbocycles. The fourth-order valence-corrected chi connectivity index (χ4v) is 1.40. The third kappa shape index (κ3) is 4.29.